The predicted molar refractivity (Wildman–Crippen MR) is 140 cm³/mol. The molecule has 1 fully saturated rings. The van der Waals surface area contributed by atoms with Gasteiger partial charge in [-0.15, -0.1) is 34.2 Å². The average Bonchev–Trinajstić information content (AvgIpc) is 3.36. The number of ether oxygens (including phenoxy) is 1. The number of guanidine groups is 1. The highest BCUT2D eigenvalue weighted by Gasteiger charge is 2.13. The normalized spacial score (nSPS) is 14.9. The fraction of sp³-hybridized carbons (Fsp3) is 0.522. The van der Waals surface area contributed by atoms with Crippen LogP contribution >= 0.6 is 24.0 Å². The Bertz CT molecular complexity index is 1010. The summed E-state index contributed by atoms with van der Waals surface area (Å²) in [6.07, 6.45) is 1.04. The van der Waals surface area contributed by atoms with E-state index in [1.54, 1.807) is 0 Å². The molecule has 0 atom stereocenters. The molecule has 10 heteroatoms. The van der Waals surface area contributed by atoms with E-state index < -0.39 is 0 Å². The molecule has 0 saturated carbocycles. The van der Waals surface area contributed by atoms with Crippen molar-refractivity contribution >= 4 is 40.9 Å². The Balaban J connectivity index is 0.00000306. The summed E-state index contributed by atoms with van der Waals surface area (Å²) in [6.45, 7) is 8.62. The summed E-state index contributed by atoms with van der Waals surface area (Å²) < 4.78 is 13.4. The maximum absolute atomic E-state index is 6.01. The number of hydrogen-bond acceptors (Lipinski definition) is 6. The molecule has 0 bridgehead atoms. The number of furan rings is 1. The van der Waals surface area contributed by atoms with E-state index in [1.165, 1.54) is 0 Å². The number of aryl methyl sites for hydroxylation is 1. The highest BCUT2D eigenvalue weighted by molar-refractivity contribution is 14.0. The minimum Gasteiger partial charge on any atom is -0.459 e. The van der Waals surface area contributed by atoms with Gasteiger partial charge >= 0.3 is 0 Å². The van der Waals surface area contributed by atoms with Gasteiger partial charge in [0.1, 0.15) is 23.7 Å². The van der Waals surface area contributed by atoms with Gasteiger partial charge in [-0.25, -0.2) is 4.99 Å². The first-order chi connectivity index (χ1) is 15.6. The predicted octanol–water partition coefficient (Wildman–Crippen LogP) is 2.79. The molecule has 4 rings (SSSR count). The van der Waals surface area contributed by atoms with E-state index in [1.807, 2.05) is 43.8 Å². The third kappa shape index (κ3) is 6.90. The third-order valence-corrected chi connectivity index (χ3v) is 5.82. The number of benzene rings is 1. The topological polar surface area (TPSA) is 83.9 Å². The van der Waals surface area contributed by atoms with Gasteiger partial charge in [0.25, 0.3) is 0 Å². The summed E-state index contributed by atoms with van der Waals surface area (Å²) in [5.41, 5.74) is 0.905. The Morgan fingerprint density at radius 1 is 1.21 bits per heavy atom. The van der Waals surface area contributed by atoms with Crippen LogP contribution < -0.4 is 5.32 Å². The minimum atomic E-state index is 0. The van der Waals surface area contributed by atoms with E-state index in [2.05, 4.69) is 37.4 Å². The molecule has 1 saturated heterocycles. The van der Waals surface area contributed by atoms with Gasteiger partial charge in [-0.3, -0.25) is 4.90 Å². The lowest BCUT2D eigenvalue weighted by Gasteiger charge is -2.27. The van der Waals surface area contributed by atoms with Crippen molar-refractivity contribution in [3.63, 3.8) is 0 Å². The summed E-state index contributed by atoms with van der Waals surface area (Å²) in [6, 6.07) is 10.2. The van der Waals surface area contributed by atoms with Crippen LogP contribution in [0.2, 0.25) is 0 Å². The maximum atomic E-state index is 6.01. The van der Waals surface area contributed by atoms with Crippen molar-refractivity contribution in [3.05, 3.63) is 47.7 Å². The summed E-state index contributed by atoms with van der Waals surface area (Å²) in [4.78, 5) is 9.38. The number of aliphatic imine (C=N–C) groups is 1. The van der Waals surface area contributed by atoms with Crippen LogP contribution in [0.25, 0.3) is 11.0 Å². The van der Waals surface area contributed by atoms with Crippen molar-refractivity contribution in [2.75, 3.05) is 46.4 Å². The van der Waals surface area contributed by atoms with Crippen LogP contribution in [0.15, 0.2) is 39.7 Å². The Labute approximate surface area is 212 Å². The Hall–Kier alpha value is -2.18. The zero-order chi connectivity index (χ0) is 22.3. The first-order valence-corrected chi connectivity index (χ1v) is 11.2. The molecule has 9 nitrogen and oxygen atoms in total. The number of fused-ring (bicyclic) bond motifs is 1. The molecule has 3 aromatic rings. The molecule has 2 aromatic heterocycles. The van der Waals surface area contributed by atoms with Crippen LogP contribution in [0.3, 0.4) is 0 Å². The van der Waals surface area contributed by atoms with Gasteiger partial charge in [0.05, 0.1) is 19.8 Å². The first kappa shape index (κ1) is 25.4. The van der Waals surface area contributed by atoms with E-state index in [-0.39, 0.29) is 24.0 Å². The highest BCUT2D eigenvalue weighted by atomic mass is 127. The average molecular weight is 567 g/mol. The first-order valence-electron chi connectivity index (χ1n) is 11.2. The van der Waals surface area contributed by atoms with Crippen LogP contribution in [-0.4, -0.2) is 77.0 Å². The van der Waals surface area contributed by atoms with Crippen molar-refractivity contribution in [1.29, 1.82) is 0 Å². The number of rotatable bonds is 8. The van der Waals surface area contributed by atoms with Crippen molar-refractivity contribution in [2.24, 2.45) is 12.0 Å². The molecule has 0 radical (unpaired) electrons. The van der Waals surface area contributed by atoms with Crippen LogP contribution in [0, 0.1) is 6.92 Å². The monoisotopic (exact) mass is 567 g/mol. The second-order valence-electron chi connectivity index (χ2n) is 8.20. The molecule has 0 amide bonds. The van der Waals surface area contributed by atoms with Crippen LogP contribution in [-0.2, 0) is 24.9 Å². The second-order valence-corrected chi connectivity index (χ2v) is 8.20. The number of nitrogens with one attached hydrogen (secondary N) is 1. The number of halogens is 1. The minimum absolute atomic E-state index is 0. The third-order valence-electron chi connectivity index (χ3n) is 5.82. The van der Waals surface area contributed by atoms with E-state index in [9.17, 15) is 0 Å². The molecule has 0 aliphatic carbocycles. The molecule has 1 aromatic carbocycles. The molecule has 33 heavy (non-hydrogen) atoms. The molecule has 1 aliphatic rings. The number of para-hydroxylation sites is 1. The van der Waals surface area contributed by atoms with Gasteiger partial charge in [-0.2, -0.15) is 0 Å². The fourth-order valence-corrected chi connectivity index (χ4v) is 3.80. The van der Waals surface area contributed by atoms with Gasteiger partial charge < -0.3 is 23.9 Å². The number of aromatic nitrogens is 3. The van der Waals surface area contributed by atoms with Gasteiger partial charge in [-0.1, -0.05) is 18.2 Å². The lowest BCUT2D eigenvalue weighted by molar-refractivity contribution is 0.0375. The lowest BCUT2D eigenvalue weighted by Crippen LogP contribution is -2.41. The van der Waals surface area contributed by atoms with E-state index in [0.29, 0.717) is 13.1 Å². The van der Waals surface area contributed by atoms with Gasteiger partial charge in [-0.05, 0) is 32.0 Å². The molecule has 1 N–H and O–H groups in total. The number of hydrogen-bond donors (Lipinski definition) is 1. The zero-order valence-electron chi connectivity index (χ0n) is 19.7. The molecule has 180 valence electrons. The maximum Gasteiger partial charge on any atom is 0.194 e. The highest BCUT2D eigenvalue weighted by Crippen LogP contribution is 2.19. The van der Waals surface area contributed by atoms with Gasteiger partial charge in [0.2, 0.25) is 0 Å². The van der Waals surface area contributed by atoms with Gasteiger partial charge in [0.15, 0.2) is 11.8 Å². The standard InChI is InChI=1S/C23H33N7O2.HI/c1-18-26-27-22(29(18)3)16-25-23(24-9-6-10-30-11-13-31-14-12-30)28(2)17-20-15-19-7-4-5-8-21(19)32-20;/h4-5,7-8,15H,6,9-14,16-17H2,1-3H3,(H,24,25);1H. The quantitative estimate of drug-likeness (QED) is 0.194. The number of nitrogens with zero attached hydrogens (tertiary/aromatic N) is 6. The molecule has 0 unspecified atom stereocenters. The second kappa shape index (κ2) is 12.3. The molecule has 0 spiro atoms. The van der Waals surface area contributed by atoms with Crippen LogP contribution in [0.5, 0.6) is 0 Å². The van der Waals surface area contributed by atoms with E-state index in [0.717, 1.165) is 80.2 Å². The summed E-state index contributed by atoms with van der Waals surface area (Å²) in [5, 5.41) is 13.0. The molecular weight excluding hydrogens is 533 g/mol. The molecule has 1 aliphatic heterocycles. The van der Waals surface area contributed by atoms with Crippen molar-refractivity contribution in [3.8, 4) is 0 Å². The van der Waals surface area contributed by atoms with Crippen LogP contribution in [0.4, 0.5) is 0 Å². The summed E-state index contributed by atoms with van der Waals surface area (Å²) >= 11 is 0. The summed E-state index contributed by atoms with van der Waals surface area (Å²) in [5.74, 6) is 3.46. The number of morpholine rings is 1. The van der Waals surface area contributed by atoms with Crippen molar-refractivity contribution in [1.82, 2.24) is 29.9 Å². The van der Waals surface area contributed by atoms with Crippen molar-refractivity contribution in [2.45, 2.75) is 26.4 Å². The Morgan fingerprint density at radius 3 is 2.73 bits per heavy atom. The van der Waals surface area contributed by atoms with E-state index >= 15 is 0 Å². The molecule has 3 heterocycles. The summed E-state index contributed by atoms with van der Waals surface area (Å²) in [7, 11) is 4.00. The van der Waals surface area contributed by atoms with E-state index in [4.69, 9.17) is 14.1 Å². The Morgan fingerprint density at radius 2 is 2.00 bits per heavy atom. The largest absolute Gasteiger partial charge is 0.459 e. The lowest BCUT2D eigenvalue weighted by atomic mass is 10.2. The zero-order valence-corrected chi connectivity index (χ0v) is 22.0. The van der Waals surface area contributed by atoms with Gasteiger partial charge in [0, 0.05) is 39.1 Å². The smallest absolute Gasteiger partial charge is 0.194 e. The molecular formula is C23H34IN7O2. The Kier molecular flexibility index (Phi) is 9.51. The van der Waals surface area contributed by atoms with Crippen molar-refractivity contribution < 1.29 is 9.15 Å². The van der Waals surface area contributed by atoms with Crippen LogP contribution in [0.1, 0.15) is 23.8 Å². The fourth-order valence-electron chi connectivity index (χ4n) is 3.80. The SMILES string of the molecule is Cc1nnc(CN=C(NCCCN2CCOCC2)N(C)Cc2cc3ccccc3o2)n1C.I.